The van der Waals surface area contributed by atoms with Crippen molar-refractivity contribution < 1.29 is 0 Å². The number of hydrogen-bond donors (Lipinski definition) is 2. The molecule has 0 amide bonds. The number of fused-ring (bicyclic) bond motifs is 1. The topological polar surface area (TPSA) is 24.1 Å². The van der Waals surface area contributed by atoms with Gasteiger partial charge in [0.25, 0.3) is 0 Å². The average molecular weight is 389 g/mol. The van der Waals surface area contributed by atoms with Crippen molar-refractivity contribution >= 4 is 69.0 Å². The lowest BCUT2D eigenvalue weighted by Gasteiger charge is -2.09. The maximum atomic E-state index is 5.98. The summed E-state index contributed by atoms with van der Waals surface area (Å²) in [5.41, 5.74) is 5.67. The molecule has 2 nitrogen and oxygen atoms in total. The Kier molecular flexibility index (Phi) is 3.93. The fraction of sp³-hybridized carbons (Fsp3) is 0. The fourth-order valence-corrected chi connectivity index (χ4v) is 3.71. The van der Waals surface area contributed by atoms with Crippen LogP contribution in [-0.2, 0) is 0 Å². The van der Waals surface area contributed by atoms with E-state index in [0.717, 1.165) is 33.7 Å². The van der Waals surface area contributed by atoms with Crippen molar-refractivity contribution in [3.8, 4) is 0 Å². The normalized spacial score (nSPS) is 16.4. The van der Waals surface area contributed by atoms with Gasteiger partial charge in [-0.3, -0.25) is 0 Å². The van der Waals surface area contributed by atoms with Crippen LogP contribution in [-0.4, -0.2) is 9.98 Å². The number of benzene rings is 2. The van der Waals surface area contributed by atoms with Crippen molar-refractivity contribution in [1.29, 1.82) is 0 Å². The van der Waals surface area contributed by atoms with Crippen LogP contribution >= 0.6 is 47.6 Å². The molecule has 2 N–H and O–H groups in total. The van der Waals surface area contributed by atoms with Gasteiger partial charge in [0.1, 0.15) is 9.98 Å². The van der Waals surface area contributed by atoms with E-state index in [1.54, 1.807) is 0 Å². The van der Waals surface area contributed by atoms with Crippen molar-refractivity contribution in [2.75, 3.05) is 0 Å². The molecule has 0 saturated heterocycles. The summed E-state index contributed by atoms with van der Waals surface area (Å²) in [5.74, 6) is 0. The highest BCUT2D eigenvalue weighted by molar-refractivity contribution is 7.81. The van der Waals surface area contributed by atoms with E-state index in [4.69, 9.17) is 47.6 Å². The first-order chi connectivity index (χ1) is 11.5. The Morgan fingerprint density at radius 2 is 0.917 bits per heavy atom. The van der Waals surface area contributed by atoms with Gasteiger partial charge in [0.05, 0.1) is 11.4 Å². The third kappa shape index (κ3) is 2.56. The molecule has 2 heterocycles. The lowest BCUT2D eigenvalue weighted by Crippen LogP contribution is -2.19. The van der Waals surface area contributed by atoms with Gasteiger partial charge in [0.2, 0.25) is 0 Å². The highest BCUT2D eigenvalue weighted by Crippen LogP contribution is 2.38. The fourth-order valence-electron chi connectivity index (χ4n) is 2.85. The summed E-state index contributed by atoms with van der Waals surface area (Å²) in [4.78, 5) is 1.32. The lowest BCUT2D eigenvalue weighted by molar-refractivity contribution is 1.32. The van der Waals surface area contributed by atoms with E-state index in [-0.39, 0.29) is 0 Å². The lowest BCUT2D eigenvalue weighted by atomic mass is 10.0. The summed E-state index contributed by atoms with van der Waals surface area (Å²) >= 11 is 23.1. The third-order valence-corrected chi connectivity index (χ3v) is 5.06. The number of rotatable bonds is 2. The summed E-state index contributed by atoms with van der Waals surface area (Å²) in [7, 11) is 0. The van der Waals surface area contributed by atoms with E-state index < -0.39 is 0 Å². The van der Waals surface area contributed by atoms with Crippen molar-refractivity contribution in [3.63, 3.8) is 0 Å². The molecule has 118 valence electrons. The molecule has 6 heteroatoms. The Morgan fingerprint density at radius 1 is 0.583 bits per heavy atom. The molecular formula is C18H10Cl2N2S2. The van der Waals surface area contributed by atoms with Crippen molar-refractivity contribution in [2.24, 2.45) is 0 Å². The van der Waals surface area contributed by atoms with E-state index >= 15 is 0 Å². The molecule has 0 fully saturated rings. The summed E-state index contributed by atoms with van der Waals surface area (Å²) in [5, 5.41) is 7.96. The first kappa shape index (κ1) is 15.8. The highest BCUT2D eigenvalue weighted by atomic mass is 35.5. The van der Waals surface area contributed by atoms with Crippen LogP contribution in [0, 0.1) is 0 Å². The van der Waals surface area contributed by atoms with Crippen LogP contribution in [0.5, 0.6) is 0 Å². The molecule has 0 aromatic heterocycles. The van der Waals surface area contributed by atoms with Gasteiger partial charge >= 0.3 is 0 Å². The van der Waals surface area contributed by atoms with Crippen LogP contribution in [0.4, 0.5) is 0 Å². The van der Waals surface area contributed by atoms with Gasteiger partial charge < -0.3 is 10.6 Å². The Hall–Kier alpha value is -1.72. The molecule has 2 aliphatic rings. The minimum Gasteiger partial charge on any atom is -0.345 e. The van der Waals surface area contributed by atoms with Gasteiger partial charge in [-0.25, -0.2) is 0 Å². The first-order valence-corrected chi connectivity index (χ1v) is 8.75. The van der Waals surface area contributed by atoms with Crippen LogP contribution < -0.4 is 10.6 Å². The first-order valence-electron chi connectivity index (χ1n) is 7.18. The Labute approximate surface area is 160 Å². The molecule has 0 atom stereocenters. The van der Waals surface area contributed by atoms with Gasteiger partial charge in [-0.15, -0.1) is 0 Å². The zero-order chi connectivity index (χ0) is 16.8. The Balaban J connectivity index is 1.88. The molecule has 0 bridgehead atoms. The molecule has 4 rings (SSSR count). The maximum absolute atomic E-state index is 5.98. The molecule has 24 heavy (non-hydrogen) atoms. The smallest absolute Gasteiger partial charge is 0.113 e. The predicted molar refractivity (Wildman–Crippen MR) is 108 cm³/mol. The molecular weight excluding hydrogens is 379 g/mol. The molecule has 0 spiro atoms. The van der Waals surface area contributed by atoms with Gasteiger partial charge in [-0.05, 0) is 35.4 Å². The maximum Gasteiger partial charge on any atom is 0.113 e. The summed E-state index contributed by atoms with van der Waals surface area (Å²) in [6.45, 7) is 0. The third-order valence-electron chi connectivity index (χ3n) is 3.95. The molecule has 2 aromatic rings. The van der Waals surface area contributed by atoms with Gasteiger partial charge in [0, 0.05) is 21.2 Å². The molecule has 2 aromatic carbocycles. The van der Waals surface area contributed by atoms with E-state index in [1.165, 1.54) is 0 Å². The van der Waals surface area contributed by atoms with Crippen LogP contribution in [0.2, 0.25) is 10.0 Å². The second kappa shape index (κ2) is 5.97. The zero-order valence-corrected chi connectivity index (χ0v) is 15.3. The van der Waals surface area contributed by atoms with E-state index in [0.29, 0.717) is 20.0 Å². The van der Waals surface area contributed by atoms with E-state index in [1.807, 2.05) is 48.5 Å². The molecule has 2 aliphatic heterocycles. The summed E-state index contributed by atoms with van der Waals surface area (Å²) in [6.07, 6.45) is 0. The summed E-state index contributed by atoms with van der Waals surface area (Å²) in [6, 6.07) is 15.2. The quantitative estimate of drug-likeness (QED) is 0.708. The van der Waals surface area contributed by atoms with Crippen LogP contribution in [0.25, 0.3) is 11.4 Å². The number of thiocarbonyl (C=S) groups is 2. The minimum atomic E-state index is 0.659. The molecule has 0 unspecified atom stereocenters. The van der Waals surface area contributed by atoms with E-state index in [9.17, 15) is 0 Å². The van der Waals surface area contributed by atoms with Crippen LogP contribution in [0.1, 0.15) is 11.1 Å². The standard InChI is InChI=1S/C18H10Cl2N2S2/c19-11-5-1-9(2-6-11)15-13-14(18(24)21-15)16(22-17(13)23)10-3-7-12(20)8-4-10/h1-8H,(H,21,24)(H,22,23). The Morgan fingerprint density at radius 3 is 1.25 bits per heavy atom. The van der Waals surface area contributed by atoms with Gasteiger partial charge in [-0.1, -0.05) is 71.9 Å². The number of nitrogens with one attached hydrogen (secondary N) is 2. The van der Waals surface area contributed by atoms with Gasteiger partial charge in [-0.2, -0.15) is 0 Å². The molecule has 0 saturated carbocycles. The second-order valence-corrected chi connectivity index (χ2v) is 7.11. The number of halogens is 2. The largest absolute Gasteiger partial charge is 0.345 e. The van der Waals surface area contributed by atoms with Crippen molar-refractivity contribution in [1.82, 2.24) is 10.6 Å². The van der Waals surface area contributed by atoms with Crippen molar-refractivity contribution in [2.45, 2.75) is 0 Å². The molecule has 0 aliphatic carbocycles. The van der Waals surface area contributed by atoms with Crippen LogP contribution in [0.3, 0.4) is 0 Å². The SMILES string of the molecule is S=C1NC(c2ccc(Cl)cc2)=C2C(=S)NC(c3ccc(Cl)cc3)=C12. The van der Waals surface area contributed by atoms with Gasteiger partial charge in [0.15, 0.2) is 0 Å². The van der Waals surface area contributed by atoms with Crippen molar-refractivity contribution in [3.05, 3.63) is 80.8 Å². The van der Waals surface area contributed by atoms with Crippen LogP contribution in [0.15, 0.2) is 59.7 Å². The Bertz CT molecular complexity index is 862. The number of hydrogen-bond acceptors (Lipinski definition) is 2. The average Bonchev–Trinajstić information content (AvgIpc) is 3.08. The zero-order valence-electron chi connectivity index (χ0n) is 12.2. The minimum absolute atomic E-state index is 0.659. The summed E-state index contributed by atoms with van der Waals surface area (Å²) < 4.78 is 0. The predicted octanol–water partition coefficient (Wildman–Crippen LogP) is 4.98. The molecule has 0 radical (unpaired) electrons. The van der Waals surface area contributed by atoms with E-state index in [2.05, 4.69) is 10.6 Å². The monoisotopic (exact) mass is 388 g/mol. The second-order valence-electron chi connectivity index (χ2n) is 5.42. The highest BCUT2D eigenvalue weighted by Gasteiger charge is 2.36.